The fourth-order valence-electron chi connectivity index (χ4n) is 2.84. The highest BCUT2D eigenvalue weighted by Gasteiger charge is 2.27. The number of nitrogens with two attached hydrogens (primary N) is 1. The van der Waals surface area contributed by atoms with Crippen LogP contribution in [0.1, 0.15) is 24.4 Å². The van der Waals surface area contributed by atoms with Gasteiger partial charge in [0, 0.05) is 43.9 Å². The van der Waals surface area contributed by atoms with Crippen molar-refractivity contribution in [2.75, 3.05) is 6.54 Å². The fourth-order valence-corrected chi connectivity index (χ4v) is 2.84. The lowest BCUT2D eigenvalue weighted by atomic mass is 9.99. The third-order valence-electron chi connectivity index (χ3n) is 3.71. The molecule has 5 nitrogen and oxygen atoms in total. The Balaban J connectivity index is 1.87. The Hall–Kier alpha value is -1.72. The lowest BCUT2D eigenvalue weighted by Gasteiger charge is -2.37. The van der Waals surface area contributed by atoms with Crippen LogP contribution in [0.3, 0.4) is 0 Å². The highest BCUT2D eigenvalue weighted by molar-refractivity contribution is 5.17. The van der Waals surface area contributed by atoms with Gasteiger partial charge in [-0.25, -0.2) is 4.98 Å². The van der Waals surface area contributed by atoms with Gasteiger partial charge in [0.15, 0.2) is 0 Å². The first kappa shape index (κ1) is 12.3. The highest BCUT2D eigenvalue weighted by atomic mass is 15.3. The minimum absolute atomic E-state index is 0.0731. The molecule has 0 fully saturated rings. The Labute approximate surface area is 113 Å². The Morgan fingerprint density at radius 3 is 2.74 bits per heavy atom. The molecule has 1 aliphatic rings. The fraction of sp³-hybridized carbons (Fsp3) is 0.429. The zero-order chi connectivity index (χ0) is 13.2. The van der Waals surface area contributed by atoms with E-state index in [-0.39, 0.29) is 12.1 Å². The van der Waals surface area contributed by atoms with Crippen LogP contribution >= 0.6 is 0 Å². The molecule has 5 heteroatoms. The predicted octanol–water partition coefficient (Wildman–Crippen LogP) is 1.18. The largest absolute Gasteiger partial charge is 0.333 e. The number of imidazole rings is 1. The Morgan fingerprint density at radius 1 is 1.21 bits per heavy atom. The molecule has 0 spiro atoms. The van der Waals surface area contributed by atoms with Crippen molar-refractivity contribution < 1.29 is 0 Å². The van der Waals surface area contributed by atoms with Gasteiger partial charge in [-0.3, -0.25) is 9.88 Å². The van der Waals surface area contributed by atoms with Gasteiger partial charge in [0.2, 0.25) is 0 Å². The van der Waals surface area contributed by atoms with Crippen molar-refractivity contribution in [3.8, 4) is 0 Å². The van der Waals surface area contributed by atoms with Crippen molar-refractivity contribution in [1.29, 1.82) is 0 Å². The second-order valence-corrected chi connectivity index (χ2v) is 5.09. The number of nitrogens with zero attached hydrogens (tertiary/aromatic N) is 4. The van der Waals surface area contributed by atoms with Crippen LogP contribution in [0.15, 0.2) is 36.9 Å². The molecule has 0 saturated heterocycles. The van der Waals surface area contributed by atoms with Crippen LogP contribution < -0.4 is 5.73 Å². The lowest BCUT2D eigenvalue weighted by molar-refractivity contribution is 0.136. The van der Waals surface area contributed by atoms with Gasteiger partial charge in [-0.15, -0.1) is 0 Å². The van der Waals surface area contributed by atoms with Crippen molar-refractivity contribution in [1.82, 2.24) is 19.4 Å². The zero-order valence-electron chi connectivity index (χ0n) is 11.1. The van der Waals surface area contributed by atoms with Gasteiger partial charge in [0.25, 0.3) is 0 Å². The summed E-state index contributed by atoms with van der Waals surface area (Å²) >= 11 is 0. The molecule has 2 aromatic rings. The van der Waals surface area contributed by atoms with E-state index >= 15 is 0 Å². The molecule has 0 saturated carbocycles. The molecule has 0 aromatic carbocycles. The summed E-state index contributed by atoms with van der Waals surface area (Å²) in [6.45, 7) is 4.88. The van der Waals surface area contributed by atoms with E-state index in [0.29, 0.717) is 0 Å². The first-order valence-corrected chi connectivity index (χ1v) is 6.65. The second-order valence-electron chi connectivity index (χ2n) is 5.09. The van der Waals surface area contributed by atoms with Gasteiger partial charge in [0.05, 0.1) is 12.6 Å². The molecule has 2 aromatic heterocycles. The molecule has 19 heavy (non-hydrogen) atoms. The third-order valence-corrected chi connectivity index (χ3v) is 3.71. The quantitative estimate of drug-likeness (QED) is 0.897. The number of pyridine rings is 1. The molecule has 2 N–H and O–H groups in total. The van der Waals surface area contributed by atoms with Gasteiger partial charge in [-0.2, -0.15) is 0 Å². The molecule has 3 heterocycles. The van der Waals surface area contributed by atoms with Crippen LogP contribution in [0.2, 0.25) is 0 Å². The number of fused-ring (bicyclic) bond motifs is 1. The summed E-state index contributed by atoms with van der Waals surface area (Å²) in [5.41, 5.74) is 7.43. The summed E-state index contributed by atoms with van der Waals surface area (Å²) in [6.07, 6.45) is 7.57. The Morgan fingerprint density at radius 2 is 2.00 bits per heavy atom. The molecule has 0 bridgehead atoms. The van der Waals surface area contributed by atoms with Gasteiger partial charge in [-0.1, -0.05) is 0 Å². The van der Waals surface area contributed by atoms with E-state index in [1.807, 2.05) is 24.8 Å². The Bertz CT molecular complexity index is 534. The van der Waals surface area contributed by atoms with Crippen LogP contribution in [0, 0.1) is 0 Å². The van der Waals surface area contributed by atoms with E-state index in [1.165, 1.54) is 5.56 Å². The molecule has 2 atom stereocenters. The molecule has 2 unspecified atom stereocenters. The molecule has 0 radical (unpaired) electrons. The molecule has 3 rings (SSSR count). The van der Waals surface area contributed by atoms with Crippen molar-refractivity contribution in [2.24, 2.45) is 5.73 Å². The second kappa shape index (κ2) is 5.11. The summed E-state index contributed by atoms with van der Waals surface area (Å²) in [5, 5.41) is 0. The number of hydrogen-bond acceptors (Lipinski definition) is 4. The molecule has 0 aliphatic carbocycles. The van der Waals surface area contributed by atoms with Gasteiger partial charge >= 0.3 is 0 Å². The minimum atomic E-state index is 0.0731. The standard InChI is InChI=1S/C14H19N5/c1-11(15)14(12-2-4-16-5-3-12)19-9-8-18-7-6-17-13(18)10-19/h2-7,11,14H,8-10,15H2,1H3. The van der Waals surface area contributed by atoms with Crippen LogP contribution in [0.4, 0.5) is 0 Å². The summed E-state index contributed by atoms with van der Waals surface area (Å²) in [5.74, 6) is 1.12. The molecular weight excluding hydrogens is 238 g/mol. The molecule has 1 aliphatic heterocycles. The van der Waals surface area contributed by atoms with Crippen molar-refractivity contribution in [2.45, 2.75) is 32.1 Å². The van der Waals surface area contributed by atoms with E-state index in [0.717, 1.165) is 25.5 Å². The van der Waals surface area contributed by atoms with Crippen LogP contribution in [0.5, 0.6) is 0 Å². The normalized spacial score (nSPS) is 18.8. The number of rotatable bonds is 3. The Kier molecular flexibility index (Phi) is 3.31. The molecule has 0 amide bonds. The summed E-state index contributed by atoms with van der Waals surface area (Å²) < 4.78 is 2.21. The van der Waals surface area contributed by atoms with Gasteiger partial charge < -0.3 is 10.3 Å². The number of hydrogen-bond donors (Lipinski definition) is 1. The number of aromatic nitrogens is 3. The van der Waals surface area contributed by atoms with Crippen molar-refractivity contribution >= 4 is 0 Å². The maximum atomic E-state index is 6.21. The van der Waals surface area contributed by atoms with Gasteiger partial charge in [-0.05, 0) is 24.6 Å². The van der Waals surface area contributed by atoms with Crippen LogP contribution in [-0.2, 0) is 13.1 Å². The minimum Gasteiger partial charge on any atom is -0.333 e. The third kappa shape index (κ3) is 2.39. The lowest BCUT2D eigenvalue weighted by Crippen LogP contribution is -2.43. The van der Waals surface area contributed by atoms with E-state index in [2.05, 4.69) is 38.5 Å². The molecule has 100 valence electrons. The van der Waals surface area contributed by atoms with Crippen LogP contribution in [-0.4, -0.2) is 32.0 Å². The zero-order valence-corrected chi connectivity index (χ0v) is 11.1. The summed E-state index contributed by atoms with van der Waals surface area (Å²) in [4.78, 5) is 10.9. The van der Waals surface area contributed by atoms with Crippen molar-refractivity contribution in [3.63, 3.8) is 0 Å². The summed E-state index contributed by atoms with van der Waals surface area (Å²) in [6, 6.07) is 4.39. The topological polar surface area (TPSA) is 60.0 Å². The average molecular weight is 257 g/mol. The smallest absolute Gasteiger partial charge is 0.122 e. The summed E-state index contributed by atoms with van der Waals surface area (Å²) in [7, 11) is 0. The predicted molar refractivity (Wildman–Crippen MR) is 73.3 cm³/mol. The monoisotopic (exact) mass is 257 g/mol. The van der Waals surface area contributed by atoms with E-state index in [9.17, 15) is 0 Å². The maximum Gasteiger partial charge on any atom is 0.122 e. The van der Waals surface area contributed by atoms with E-state index < -0.39 is 0 Å². The highest BCUT2D eigenvalue weighted by Crippen LogP contribution is 2.26. The first-order chi connectivity index (χ1) is 9.25. The van der Waals surface area contributed by atoms with Crippen LogP contribution in [0.25, 0.3) is 0 Å². The molecular formula is C14H19N5. The van der Waals surface area contributed by atoms with E-state index in [1.54, 1.807) is 0 Å². The van der Waals surface area contributed by atoms with E-state index in [4.69, 9.17) is 5.73 Å². The van der Waals surface area contributed by atoms with Gasteiger partial charge in [0.1, 0.15) is 5.82 Å². The SMILES string of the molecule is CC(N)C(c1ccncc1)N1CCn2ccnc2C1. The first-order valence-electron chi connectivity index (χ1n) is 6.65. The maximum absolute atomic E-state index is 6.21. The van der Waals surface area contributed by atoms with Crippen molar-refractivity contribution in [3.05, 3.63) is 48.3 Å². The average Bonchev–Trinajstić information content (AvgIpc) is 2.87.